The van der Waals surface area contributed by atoms with Crippen molar-refractivity contribution in [2.75, 3.05) is 13.2 Å². The number of unbranched alkanes of at least 4 members (excludes halogenated alkanes) is 14. The predicted molar refractivity (Wildman–Crippen MR) is 224 cm³/mol. The van der Waals surface area contributed by atoms with Crippen molar-refractivity contribution in [3.63, 3.8) is 0 Å². The summed E-state index contributed by atoms with van der Waals surface area (Å²) in [5.74, 6) is -0.986. The zero-order valence-corrected chi connectivity index (χ0v) is 34.3. The average Bonchev–Trinajstić information content (AvgIpc) is 3.15. The molecule has 0 saturated carbocycles. The molecule has 6 nitrogen and oxygen atoms in total. The molecule has 0 aromatic rings. The Balaban J connectivity index is 4.41. The minimum absolute atomic E-state index is 0.0975. The van der Waals surface area contributed by atoms with Gasteiger partial charge in [-0.1, -0.05) is 158 Å². The number of rotatable bonds is 37. The Kier molecular flexibility index (Phi) is 39.1. The SMILES string of the molecule is CC/C=C\C/C=C\C/C=C\C/C=C\C/C=C\CCCC(=O)OCC(COC(=O)CCCCCCCC)OC(=O)CCCCCCC/C=C\CCCCC. The Hall–Kier alpha value is -3.15. The van der Waals surface area contributed by atoms with Gasteiger partial charge in [0.25, 0.3) is 0 Å². The number of carbonyl (C=O) groups is 3. The van der Waals surface area contributed by atoms with Gasteiger partial charge in [0.2, 0.25) is 0 Å². The van der Waals surface area contributed by atoms with Gasteiger partial charge in [0.05, 0.1) is 0 Å². The highest BCUT2D eigenvalue weighted by Gasteiger charge is 2.19. The molecule has 0 aliphatic rings. The van der Waals surface area contributed by atoms with E-state index in [1.54, 1.807) is 0 Å². The van der Waals surface area contributed by atoms with E-state index >= 15 is 0 Å². The van der Waals surface area contributed by atoms with E-state index in [4.69, 9.17) is 14.2 Å². The molecule has 0 spiro atoms. The minimum atomic E-state index is -0.796. The molecule has 53 heavy (non-hydrogen) atoms. The Morgan fingerprint density at radius 3 is 1.28 bits per heavy atom. The zero-order chi connectivity index (χ0) is 38.7. The van der Waals surface area contributed by atoms with Crippen LogP contribution in [0.25, 0.3) is 0 Å². The second kappa shape index (κ2) is 41.6. The fourth-order valence-electron chi connectivity index (χ4n) is 5.47. The normalized spacial score (nSPS) is 12.7. The first-order chi connectivity index (χ1) is 26.0. The van der Waals surface area contributed by atoms with Crippen molar-refractivity contribution in [3.8, 4) is 0 Å². The van der Waals surface area contributed by atoms with E-state index in [0.29, 0.717) is 19.3 Å². The molecule has 0 aliphatic carbocycles. The minimum Gasteiger partial charge on any atom is -0.462 e. The molecule has 0 N–H and O–H groups in total. The number of carbonyl (C=O) groups excluding carboxylic acids is 3. The summed E-state index contributed by atoms with van der Waals surface area (Å²) >= 11 is 0. The van der Waals surface area contributed by atoms with Crippen LogP contribution in [0.5, 0.6) is 0 Å². The number of ether oxygens (including phenoxy) is 3. The third-order valence-corrected chi connectivity index (χ3v) is 8.70. The molecule has 0 bridgehead atoms. The molecule has 302 valence electrons. The molecule has 0 aliphatic heterocycles. The number of allylic oxidation sites excluding steroid dienone is 12. The van der Waals surface area contributed by atoms with E-state index in [9.17, 15) is 14.4 Å². The molecule has 0 heterocycles. The van der Waals surface area contributed by atoms with Gasteiger partial charge in [0, 0.05) is 19.3 Å². The van der Waals surface area contributed by atoms with Crippen molar-refractivity contribution in [3.05, 3.63) is 72.9 Å². The van der Waals surface area contributed by atoms with Gasteiger partial charge in [-0.3, -0.25) is 14.4 Å². The zero-order valence-electron chi connectivity index (χ0n) is 34.3. The molecule has 0 aromatic heterocycles. The fourth-order valence-corrected chi connectivity index (χ4v) is 5.47. The second-order valence-corrected chi connectivity index (χ2v) is 13.9. The third kappa shape index (κ3) is 39.9. The summed E-state index contributed by atoms with van der Waals surface area (Å²) in [6, 6.07) is 0. The lowest BCUT2D eigenvalue weighted by Crippen LogP contribution is -2.30. The van der Waals surface area contributed by atoms with Gasteiger partial charge in [-0.05, 0) is 83.5 Å². The average molecular weight is 739 g/mol. The van der Waals surface area contributed by atoms with Crippen LogP contribution in [-0.2, 0) is 28.6 Å². The van der Waals surface area contributed by atoms with Crippen LogP contribution < -0.4 is 0 Å². The smallest absolute Gasteiger partial charge is 0.306 e. The number of hydrogen-bond donors (Lipinski definition) is 0. The lowest BCUT2D eigenvalue weighted by Gasteiger charge is -2.18. The van der Waals surface area contributed by atoms with E-state index in [1.807, 2.05) is 0 Å². The Bertz CT molecular complexity index is 1030. The van der Waals surface area contributed by atoms with E-state index in [-0.39, 0.29) is 37.5 Å². The Morgan fingerprint density at radius 2 is 0.755 bits per heavy atom. The molecule has 0 aromatic carbocycles. The predicted octanol–water partition coefficient (Wildman–Crippen LogP) is 13.5. The molecule has 1 unspecified atom stereocenters. The van der Waals surface area contributed by atoms with Crippen LogP contribution in [-0.4, -0.2) is 37.2 Å². The Morgan fingerprint density at radius 1 is 0.396 bits per heavy atom. The summed E-state index contributed by atoms with van der Waals surface area (Å²) in [6.45, 7) is 6.35. The highest BCUT2D eigenvalue weighted by atomic mass is 16.6. The van der Waals surface area contributed by atoms with Gasteiger partial charge < -0.3 is 14.2 Å². The first-order valence-corrected chi connectivity index (χ1v) is 21.4. The van der Waals surface area contributed by atoms with Crippen LogP contribution in [0.4, 0.5) is 0 Å². The highest BCUT2D eigenvalue weighted by Crippen LogP contribution is 2.12. The van der Waals surface area contributed by atoms with E-state index in [2.05, 4.69) is 93.7 Å². The van der Waals surface area contributed by atoms with Crippen molar-refractivity contribution < 1.29 is 28.6 Å². The molecule has 0 rings (SSSR count). The van der Waals surface area contributed by atoms with Crippen LogP contribution in [0.2, 0.25) is 0 Å². The molecule has 0 fully saturated rings. The molecule has 0 radical (unpaired) electrons. The van der Waals surface area contributed by atoms with Gasteiger partial charge in [-0.25, -0.2) is 0 Å². The van der Waals surface area contributed by atoms with E-state index in [0.717, 1.165) is 89.9 Å². The topological polar surface area (TPSA) is 78.9 Å². The van der Waals surface area contributed by atoms with Gasteiger partial charge in [0.15, 0.2) is 6.10 Å². The summed E-state index contributed by atoms with van der Waals surface area (Å²) in [4.78, 5) is 37.4. The van der Waals surface area contributed by atoms with Crippen molar-refractivity contribution >= 4 is 17.9 Å². The quantitative estimate of drug-likeness (QED) is 0.0273. The Labute approximate surface area is 325 Å². The maximum atomic E-state index is 12.6. The largest absolute Gasteiger partial charge is 0.462 e. The van der Waals surface area contributed by atoms with Crippen molar-refractivity contribution in [2.24, 2.45) is 0 Å². The van der Waals surface area contributed by atoms with Crippen LogP contribution in [0.1, 0.15) is 188 Å². The second-order valence-electron chi connectivity index (χ2n) is 13.9. The molecule has 0 amide bonds. The van der Waals surface area contributed by atoms with E-state index in [1.165, 1.54) is 51.4 Å². The van der Waals surface area contributed by atoms with Gasteiger partial charge in [-0.15, -0.1) is 0 Å². The summed E-state index contributed by atoms with van der Waals surface area (Å²) in [5, 5.41) is 0. The lowest BCUT2D eigenvalue weighted by atomic mass is 10.1. The van der Waals surface area contributed by atoms with Gasteiger partial charge >= 0.3 is 17.9 Å². The number of hydrogen-bond acceptors (Lipinski definition) is 6. The first-order valence-electron chi connectivity index (χ1n) is 21.4. The molecular formula is C47H78O6. The van der Waals surface area contributed by atoms with Crippen molar-refractivity contribution in [2.45, 2.75) is 194 Å². The maximum Gasteiger partial charge on any atom is 0.306 e. The van der Waals surface area contributed by atoms with Gasteiger partial charge in [-0.2, -0.15) is 0 Å². The van der Waals surface area contributed by atoms with Crippen LogP contribution in [0.15, 0.2) is 72.9 Å². The summed E-state index contributed by atoms with van der Waals surface area (Å²) in [5.41, 5.74) is 0. The highest BCUT2D eigenvalue weighted by molar-refractivity contribution is 5.71. The standard InChI is InChI=1S/C47H78O6/c1-4-7-10-13-16-18-20-22-23-24-25-26-28-29-31-34-37-40-46(49)52-43-44(42-51-45(48)39-36-33-15-12-9-6-3)53-47(50)41-38-35-32-30-27-21-19-17-14-11-8-5-2/h7,10,16-19,22-23,25-26,29,31,44H,4-6,8-9,11-15,20-21,24,27-28,30,32-43H2,1-3H3/b10-7-,18-16-,19-17-,23-22-,26-25-,31-29-. The summed E-state index contributed by atoms with van der Waals surface area (Å²) in [6.07, 6.45) is 50.5. The summed E-state index contributed by atoms with van der Waals surface area (Å²) in [7, 11) is 0. The van der Waals surface area contributed by atoms with Crippen molar-refractivity contribution in [1.82, 2.24) is 0 Å². The van der Waals surface area contributed by atoms with E-state index < -0.39 is 6.10 Å². The lowest BCUT2D eigenvalue weighted by molar-refractivity contribution is -0.167. The van der Waals surface area contributed by atoms with Crippen LogP contribution in [0.3, 0.4) is 0 Å². The maximum absolute atomic E-state index is 12.6. The monoisotopic (exact) mass is 739 g/mol. The molecular weight excluding hydrogens is 661 g/mol. The van der Waals surface area contributed by atoms with Crippen molar-refractivity contribution in [1.29, 1.82) is 0 Å². The van der Waals surface area contributed by atoms with Crippen LogP contribution in [0, 0.1) is 0 Å². The summed E-state index contributed by atoms with van der Waals surface area (Å²) < 4.78 is 16.5. The molecule has 1 atom stereocenters. The third-order valence-electron chi connectivity index (χ3n) is 8.70. The van der Waals surface area contributed by atoms with Crippen LogP contribution >= 0.6 is 0 Å². The molecule has 6 heteroatoms. The van der Waals surface area contributed by atoms with Gasteiger partial charge in [0.1, 0.15) is 13.2 Å². The number of esters is 3. The fraction of sp³-hybridized carbons (Fsp3) is 0.681. The molecule has 0 saturated heterocycles. The first kappa shape index (κ1) is 49.9.